The standard InChI is InChI=1S/C32H32FN9O/c33-25-18-20-17-22(6-7-23(20)28(25)37-21-10-15-40(16-11-21)32(43)19-4-5-19)42-30(24-3-1-12-35-29(24)34)38-26-8-9-27(39-31(26)42)41-14-2-13-36-41/h1-3,6-9,12-14,17,19,21,25,28,37H,4-5,10-11,15-16,18H2,(H2,34,35)/t25?,28-/m1/s1. The molecule has 8 rings (SSSR count). The molecule has 5 aromatic rings. The molecule has 2 aliphatic carbocycles. The molecule has 2 atom stereocenters. The molecule has 218 valence electrons. The number of nitrogens with two attached hydrogens (primary N) is 1. The monoisotopic (exact) mass is 577 g/mol. The third kappa shape index (κ3) is 4.64. The molecule has 1 saturated heterocycles. The van der Waals surface area contributed by atoms with E-state index in [4.69, 9.17) is 15.7 Å². The Hall–Kier alpha value is -4.64. The van der Waals surface area contributed by atoms with Crippen molar-refractivity contribution in [1.29, 1.82) is 0 Å². The van der Waals surface area contributed by atoms with Crippen LogP contribution in [0.2, 0.25) is 0 Å². The Bertz CT molecular complexity index is 1820. The second-order valence-corrected chi connectivity index (χ2v) is 11.8. The van der Waals surface area contributed by atoms with Gasteiger partial charge in [0.2, 0.25) is 5.91 Å². The van der Waals surface area contributed by atoms with Gasteiger partial charge in [-0.1, -0.05) is 6.07 Å². The number of benzene rings is 1. The fourth-order valence-corrected chi connectivity index (χ4v) is 6.55. The molecule has 43 heavy (non-hydrogen) atoms. The number of alkyl halides is 1. The lowest BCUT2D eigenvalue weighted by molar-refractivity contribution is -0.133. The molecule has 11 heteroatoms. The number of hydrogen-bond acceptors (Lipinski definition) is 7. The summed E-state index contributed by atoms with van der Waals surface area (Å²) in [5.41, 5.74) is 11.1. The summed E-state index contributed by atoms with van der Waals surface area (Å²) in [6.07, 6.45) is 8.22. The summed E-state index contributed by atoms with van der Waals surface area (Å²) >= 11 is 0. The number of anilines is 1. The number of amides is 1. The second kappa shape index (κ2) is 10.3. The number of nitrogen functional groups attached to an aromatic ring is 1. The van der Waals surface area contributed by atoms with E-state index >= 15 is 4.39 Å². The van der Waals surface area contributed by atoms with Gasteiger partial charge >= 0.3 is 0 Å². The predicted octanol–water partition coefficient (Wildman–Crippen LogP) is 4.18. The van der Waals surface area contributed by atoms with Gasteiger partial charge in [0, 0.05) is 55.7 Å². The Morgan fingerprint density at radius 2 is 1.86 bits per heavy atom. The molecule has 0 radical (unpaired) electrons. The van der Waals surface area contributed by atoms with Crippen molar-refractivity contribution in [3.63, 3.8) is 0 Å². The first kappa shape index (κ1) is 26.0. The highest BCUT2D eigenvalue weighted by molar-refractivity contribution is 5.83. The summed E-state index contributed by atoms with van der Waals surface area (Å²) in [4.78, 5) is 28.6. The van der Waals surface area contributed by atoms with Crippen LogP contribution in [-0.4, -0.2) is 65.4 Å². The number of aromatic nitrogens is 6. The lowest BCUT2D eigenvalue weighted by atomic mass is 10.0. The van der Waals surface area contributed by atoms with E-state index in [1.54, 1.807) is 17.1 Å². The van der Waals surface area contributed by atoms with E-state index in [2.05, 4.69) is 15.4 Å². The summed E-state index contributed by atoms with van der Waals surface area (Å²) in [5, 5.41) is 7.94. The molecule has 4 aromatic heterocycles. The molecule has 10 nitrogen and oxygen atoms in total. The first-order valence-corrected chi connectivity index (χ1v) is 15.0. The van der Waals surface area contributed by atoms with Gasteiger partial charge in [-0.05, 0) is 79.3 Å². The molecule has 1 unspecified atom stereocenters. The van der Waals surface area contributed by atoms with Gasteiger partial charge in [0.15, 0.2) is 17.3 Å². The fraction of sp³-hybridized carbons (Fsp3) is 0.344. The molecule has 1 amide bonds. The van der Waals surface area contributed by atoms with Crippen LogP contribution in [0.5, 0.6) is 0 Å². The highest BCUT2D eigenvalue weighted by atomic mass is 19.1. The molecule has 0 spiro atoms. The number of likely N-dealkylation sites (tertiary alicyclic amines) is 1. The van der Waals surface area contributed by atoms with Gasteiger partial charge in [-0.2, -0.15) is 5.10 Å². The van der Waals surface area contributed by atoms with E-state index < -0.39 is 6.17 Å². The Kier molecular flexibility index (Phi) is 6.21. The van der Waals surface area contributed by atoms with Crippen LogP contribution >= 0.6 is 0 Å². The van der Waals surface area contributed by atoms with Crippen LogP contribution in [-0.2, 0) is 11.2 Å². The van der Waals surface area contributed by atoms with Crippen molar-refractivity contribution in [3.8, 4) is 22.9 Å². The second-order valence-electron chi connectivity index (χ2n) is 11.8. The van der Waals surface area contributed by atoms with Gasteiger partial charge in [-0.25, -0.2) is 24.0 Å². The number of hydrogen-bond donors (Lipinski definition) is 2. The topological polar surface area (TPSA) is 120 Å². The van der Waals surface area contributed by atoms with Crippen molar-refractivity contribution in [1.82, 2.24) is 39.5 Å². The quantitative estimate of drug-likeness (QED) is 0.311. The van der Waals surface area contributed by atoms with Gasteiger partial charge < -0.3 is 16.0 Å². The number of imidazole rings is 1. The summed E-state index contributed by atoms with van der Waals surface area (Å²) in [6, 6.07) is 15.2. The van der Waals surface area contributed by atoms with Crippen LogP contribution in [0.25, 0.3) is 34.1 Å². The van der Waals surface area contributed by atoms with Gasteiger partial charge in [0.05, 0.1) is 11.6 Å². The Morgan fingerprint density at radius 1 is 1.00 bits per heavy atom. The first-order valence-electron chi connectivity index (χ1n) is 15.0. The van der Waals surface area contributed by atoms with E-state index in [1.165, 1.54) is 0 Å². The number of fused-ring (bicyclic) bond motifs is 2. The van der Waals surface area contributed by atoms with Crippen molar-refractivity contribution >= 4 is 22.9 Å². The highest BCUT2D eigenvalue weighted by Gasteiger charge is 2.38. The minimum absolute atomic E-state index is 0.180. The number of nitrogens with zero attached hydrogens (tertiary/aromatic N) is 7. The largest absolute Gasteiger partial charge is 0.383 e. The van der Waals surface area contributed by atoms with Gasteiger partial charge in [0.25, 0.3) is 0 Å². The first-order chi connectivity index (χ1) is 21.0. The Balaban J connectivity index is 1.13. The van der Waals surface area contributed by atoms with E-state index in [-0.39, 0.29) is 18.0 Å². The van der Waals surface area contributed by atoms with Crippen LogP contribution in [0, 0.1) is 5.92 Å². The lowest BCUT2D eigenvalue weighted by Crippen LogP contribution is -2.47. The maximum Gasteiger partial charge on any atom is 0.225 e. The minimum atomic E-state index is -1.03. The van der Waals surface area contributed by atoms with E-state index in [0.29, 0.717) is 46.5 Å². The molecule has 1 aliphatic heterocycles. The molecular formula is C32H32FN9O. The van der Waals surface area contributed by atoms with Crippen molar-refractivity contribution in [2.45, 2.75) is 50.4 Å². The smallest absolute Gasteiger partial charge is 0.225 e. The number of carbonyl (C=O) groups is 1. The average molecular weight is 578 g/mol. The molecule has 1 saturated carbocycles. The summed E-state index contributed by atoms with van der Waals surface area (Å²) in [6.45, 7) is 1.48. The zero-order valence-electron chi connectivity index (χ0n) is 23.6. The molecular weight excluding hydrogens is 545 g/mol. The summed E-state index contributed by atoms with van der Waals surface area (Å²) < 4.78 is 19.3. The molecule has 2 fully saturated rings. The highest BCUT2D eigenvalue weighted by Crippen LogP contribution is 2.38. The van der Waals surface area contributed by atoms with Crippen molar-refractivity contribution in [2.24, 2.45) is 5.92 Å². The SMILES string of the molecule is Nc1ncccc1-c1nc2ccc(-n3cccn3)nc2n1-c1ccc2c(c1)CC(F)[C@@H]2NC1CCN(C(=O)C2CC2)CC1. The summed E-state index contributed by atoms with van der Waals surface area (Å²) in [5.74, 6) is 2.17. The van der Waals surface area contributed by atoms with Crippen LogP contribution in [0.4, 0.5) is 10.2 Å². The number of piperidine rings is 1. The number of nitrogens with one attached hydrogen (secondary N) is 1. The van der Waals surface area contributed by atoms with Crippen LogP contribution in [0.15, 0.2) is 67.1 Å². The number of rotatable bonds is 6. The van der Waals surface area contributed by atoms with Gasteiger partial charge in [-0.3, -0.25) is 9.36 Å². The number of halogens is 1. The maximum atomic E-state index is 15.6. The molecule has 3 N–H and O–H groups in total. The Morgan fingerprint density at radius 3 is 2.63 bits per heavy atom. The van der Waals surface area contributed by atoms with E-state index in [1.807, 2.05) is 64.2 Å². The van der Waals surface area contributed by atoms with Crippen LogP contribution in [0.1, 0.15) is 42.9 Å². The van der Waals surface area contributed by atoms with Crippen molar-refractivity contribution < 1.29 is 9.18 Å². The molecule has 0 bridgehead atoms. The third-order valence-electron chi connectivity index (χ3n) is 8.95. The third-order valence-corrected chi connectivity index (χ3v) is 8.95. The number of pyridine rings is 2. The lowest BCUT2D eigenvalue weighted by Gasteiger charge is -2.34. The maximum absolute atomic E-state index is 15.6. The molecule has 1 aromatic carbocycles. The van der Waals surface area contributed by atoms with Crippen molar-refractivity contribution in [3.05, 3.63) is 78.2 Å². The normalized spacial score (nSPS) is 20.5. The van der Waals surface area contributed by atoms with Crippen LogP contribution in [0.3, 0.4) is 0 Å². The summed E-state index contributed by atoms with van der Waals surface area (Å²) in [7, 11) is 0. The fourth-order valence-electron chi connectivity index (χ4n) is 6.55. The molecule has 3 aliphatic rings. The van der Waals surface area contributed by atoms with Gasteiger partial charge in [-0.15, -0.1) is 0 Å². The average Bonchev–Trinajstić information content (AvgIpc) is 3.45. The van der Waals surface area contributed by atoms with E-state index in [9.17, 15) is 4.79 Å². The number of carbonyl (C=O) groups excluding carboxylic acids is 1. The minimum Gasteiger partial charge on any atom is -0.383 e. The zero-order chi connectivity index (χ0) is 29.1. The van der Waals surface area contributed by atoms with Crippen molar-refractivity contribution in [2.75, 3.05) is 18.8 Å². The zero-order valence-corrected chi connectivity index (χ0v) is 23.6. The Labute approximate surface area is 247 Å². The predicted molar refractivity (Wildman–Crippen MR) is 160 cm³/mol. The molecule has 5 heterocycles. The van der Waals surface area contributed by atoms with E-state index in [0.717, 1.165) is 55.6 Å². The van der Waals surface area contributed by atoms with Gasteiger partial charge in [0.1, 0.15) is 17.5 Å². The van der Waals surface area contributed by atoms with Crippen LogP contribution < -0.4 is 11.1 Å².